The Hall–Kier alpha value is -2.78. The zero-order valence-electron chi connectivity index (χ0n) is 13.8. The van der Waals surface area contributed by atoms with Gasteiger partial charge in [-0.15, -0.1) is 0 Å². The van der Waals surface area contributed by atoms with E-state index in [-0.39, 0.29) is 0 Å². The maximum absolute atomic E-state index is 5.82. The summed E-state index contributed by atoms with van der Waals surface area (Å²) < 4.78 is 5.82. The summed E-state index contributed by atoms with van der Waals surface area (Å²) >= 11 is 0. The summed E-state index contributed by atoms with van der Waals surface area (Å²) in [6.45, 7) is 3.42. The Balaban J connectivity index is 1.45. The van der Waals surface area contributed by atoms with E-state index in [4.69, 9.17) is 4.74 Å². The second-order valence-electron chi connectivity index (χ2n) is 5.76. The van der Waals surface area contributed by atoms with Gasteiger partial charge in [-0.1, -0.05) is 60.2 Å². The fourth-order valence-electron chi connectivity index (χ4n) is 2.32. The molecule has 3 heteroatoms. The van der Waals surface area contributed by atoms with Gasteiger partial charge in [0.2, 0.25) is 0 Å². The van der Waals surface area contributed by atoms with Crippen molar-refractivity contribution in [1.82, 2.24) is 5.43 Å². The third kappa shape index (κ3) is 4.86. The highest BCUT2D eigenvalue weighted by molar-refractivity contribution is 5.41. The molecule has 0 radical (unpaired) electrons. The highest BCUT2D eigenvalue weighted by atomic mass is 16.5. The largest absolute Gasteiger partial charge is 0.489 e. The van der Waals surface area contributed by atoms with Crippen molar-refractivity contribution in [3.8, 4) is 5.75 Å². The number of hydrogen-bond donors (Lipinski definition) is 2. The van der Waals surface area contributed by atoms with Crippen LogP contribution in [0.25, 0.3) is 0 Å². The quantitative estimate of drug-likeness (QED) is 0.620. The van der Waals surface area contributed by atoms with Crippen LogP contribution in [0.3, 0.4) is 0 Å². The molecule has 0 bridgehead atoms. The summed E-state index contributed by atoms with van der Waals surface area (Å²) in [5, 5.41) is 0. The van der Waals surface area contributed by atoms with Gasteiger partial charge < -0.3 is 10.2 Å². The fourth-order valence-corrected chi connectivity index (χ4v) is 2.32. The molecule has 0 saturated heterocycles. The Labute approximate surface area is 143 Å². The van der Waals surface area contributed by atoms with E-state index in [9.17, 15) is 0 Å². The van der Waals surface area contributed by atoms with Crippen LogP contribution in [0, 0.1) is 6.92 Å². The first-order valence-electron chi connectivity index (χ1n) is 8.11. The minimum atomic E-state index is 0.591. The van der Waals surface area contributed by atoms with Gasteiger partial charge >= 0.3 is 0 Å². The summed E-state index contributed by atoms with van der Waals surface area (Å²) in [5.41, 5.74) is 11.1. The van der Waals surface area contributed by atoms with Gasteiger partial charge in [-0.3, -0.25) is 0 Å². The van der Waals surface area contributed by atoms with Gasteiger partial charge in [-0.2, -0.15) is 0 Å². The van der Waals surface area contributed by atoms with Crippen molar-refractivity contribution in [3.05, 3.63) is 95.6 Å². The van der Waals surface area contributed by atoms with Gasteiger partial charge in [0, 0.05) is 12.2 Å². The van der Waals surface area contributed by atoms with Crippen molar-refractivity contribution in [3.63, 3.8) is 0 Å². The number of para-hydroxylation sites is 1. The average molecular weight is 318 g/mol. The number of hydrogen-bond acceptors (Lipinski definition) is 3. The molecule has 0 unspecified atom stereocenters. The Morgan fingerprint density at radius 1 is 0.750 bits per heavy atom. The second kappa shape index (κ2) is 8.18. The first-order valence-corrected chi connectivity index (χ1v) is 8.11. The lowest BCUT2D eigenvalue weighted by atomic mass is 10.2. The Morgan fingerprint density at radius 2 is 1.42 bits per heavy atom. The standard InChI is InChI=1S/C21H22N2O/c1-17-7-9-19(10-8-17)16-24-21-13-11-18(12-14-21)15-22-23-20-5-3-2-4-6-20/h2-14,22-23H,15-16H2,1H3. The summed E-state index contributed by atoms with van der Waals surface area (Å²) in [4.78, 5) is 0. The van der Waals surface area contributed by atoms with Gasteiger partial charge in [0.05, 0.1) is 0 Å². The van der Waals surface area contributed by atoms with Crippen molar-refractivity contribution in [2.75, 3.05) is 5.43 Å². The molecule has 0 saturated carbocycles. The monoisotopic (exact) mass is 318 g/mol. The first-order chi connectivity index (χ1) is 11.8. The second-order valence-corrected chi connectivity index (χ2v) is 5.76. The molecule has 0 heterocycles. The summed E-state index contributed by atoms with van der Waals surface area (Å²) in [7, 11) is 0. The van der Waals surface area contributed by atoms with Crippen LogP contribution in [0.4, 0.5) is 5.69 Å². The molecule has 3 nitrogen and oxygen atoms in total. The molecule has 3 aromatic carbocycles. The highest BCUT2D eigenvalue weighted by Gasteiger charge is 1.98. The van der Waals surface area contributed by atoms with Crippen molar-refractivity contribution in [2.45, 2.75) is 20.1 Å². The lowest BCUT2D eigenvalue weighted by molar-refractivity contribution is 0.306. The summed E-state index contributed by atoms with van der Waals surface area (Å²) in [5.74, 6) is 0.885. The predicted molar refractivity (Wildman–Crippen MR) is 98.9 cm³/mol. The molecule has 0 aromatic heterocycles. The third-order valence-corrected chi connectivity index (χ3v) is 3.75. The number of rotatable bonds is 7. The van der Waals surface area contributed by atoms with Crippen LogP contribution in [0.2, 0.25) is 0 Å². The van der Waals surface area contributed by atoms with E-state index in [1.54, 1.807) is 0 Å². The number of aryl methyl sites for hydroxylation is 1. The molecular formula is C21H22N2O. The fraction of sp³-hybridized carbons (Fsp3) is 0.143. The number of ether oxygens (including phenoxy) is 1. The van der Waals surface area contributed by atoms with E-state index in [2.05, 4.69) is 54.2 Å². The molecule has 3 aromatic rings. The van der Waals surface area contributed by atoms with Crippen LogP contribution < -0.4 is 15.6 Å². The number of benzene rings is 3. The summed E-state index contributed by atoms with van der Waals surface area (Å²) in [6.07, 6.45) is 0. The Bertz CT molecular complexity index is 737. The number of hydrazine groups is 1. The Morgan fingerprint density at radius 3 is 2.12 bits per heavy atom. The van der Waals surface area contributed by atoms with Crippen molar-refractivity contribution in [2.24, 2.45) is 0 Å². The Kier molecular flexibility index (Phi) is 5.48. The molecular weight excluding hydrogens is 296 g/mol. The van der Waals surface area contributed by atoms with E-state index in [1.165, 1.54) is 16.7 Å². The zero-order chi connectivity index (χ0) is 16.6. The molecule has 2 N–H and O–H groups in total. The van der Waals surface area contributed by atoms with E-state index in [0.29, 0.717) is 6.61 Å². The maximum atomic E-state index is 5.82. The topological polar surface area (TPSA) is 33.3 Å². The van der Waals surface area contributed by atoms with Crippen molar-refractivity contribution in [1.29, 1.82) is 0 Å². The van der Waals surface area contributed by atoms with Gasteiger partial charge in [0.25, 0.3) is 0 Å². The molecule has 0 aliphatic heterocycles. The van der Waals surface area contributed by atoms with E-state index in [0.717, 1.165) is 18.0 Å². The summed E-state index contributed by atoms with van der Waals surface area (Å²) in [6, 6.07) is 26.6. The minimum absolute atomic E-state index is 0.591. The van der Waals surface area contributed by atoms with Crippen LogP contribution >= 0.6 is 0 Å². The minimum Gasteiger partial charge on any atom is -0.489 e. The normalized spacial score (nSPS) is 10.4. The van der Waals surface area contributed by atoms with E-state index in [1.807, 2.05) is 42.5 Å². The van der Waals surface area contributed by atoms with Crippen LogP contribution in [0.15, 0.2) is 78.9 Å². The SMILES string of the molecule is Cc1ccc(COc2ccc(CNNc3ccccc3)cc2)cc1. The molecule has 0 atom stereocenters. The molecule has 24 heavy (non-hydrogen) atoms. The highest BCUT2D eigenvalue weighted by Crippen LogP contribution is 2.14. The first kappa shape index (κ1) is 16.1. The van der Waals surface area contributed by atoms with Crippen LogP contribution in [0.1, 0.15) is 16.7 Å². The third-order valence-electron chi connectivity index (χ3n) is 3.75. The van der Waals surface area contributed by atoms with Crippen LogP contribution in [0.5, 0.6) is 5.75 Å². The maximum Gasteiger partial charge on any atom is 0.119 e. The van der Waals surface area contributed by atoms with E-state index >= 15 is 0 Å². The number of nitrogens with one attached hydrogen (secondary N) is 2. The lowest BCUT2D eigenvalue weighted by Gasteiger charge is -2.10. The van der Waals surface area contributed by atoms with Crippen molar-refractivity contribution < 1.29 is 4.74 Å². The van der Waals surface area contributed by atoms with Gasteiger partial charge in [0.15, 0.2) is 0 Å². The van der Waals surface area contributed by atoms with Crippen LogP contribution in [-0.4, -0.2) is 0 Å². The predicted octanol–water partition coefficient (Wildman–Crippen LogP) is 4.69. The van der Waals surface area contributed by atoms with Crippen LogP contribution in [-0.2, 0) is 13.2 Å². The average Bonchev–Trinajstić information content (AvgIpc) is 2.63. The number of anilines is 1. The molecule has 0 amide bonds. The molecule has 0 fully saturated rings. The van der Waals surface area contributed by atoms with Crippen molar-refractivity contribution >= 4 is 5.69 Å². The zero-order valence-corrected chi connectivity index (χ0v) is 13.8. The van der Waals surface area contributed by atoms with Gasteiger partial charge in [0.1, 0.15) is 12.4 Å². The smallest absolute Gasteiger partial charge is 0.119 e. The van der Waals surface area contributed by atoms with Gasteiger partial charge in [-0.25, -0.2) is 5.43 Å². The molecule has 3 rings (SSSR count). The van der Waals surface area contributed by atoms with Gasteiger partial charge in [-0.05, 0) is 42.3 Å². The molecule has 0 aliphatic rings. The molecule has 122 valence electrons. The molecule has 0 spiro atoms. The molecule has 0 aliphatic carbocycles. The lowest BCUT2D eigenvalue weighted by Crippen LogP contribution is -2.20. The van der Waals surface area contributed by atoms with E-state index < -0.39 is 0 Å².